The fourth-order valence-corrected chi connectivity index (χ4v) is 5.12. The highest BCUT2D eigenvalue weighted by Crippen LogP contribution is 2.34. The van der Waals surface area contributed by atoms with E-state index in [0.29, 0.717) is 24.7 Å². The molecule has 1 aromatic heterocycles. The van der Waals surface area contributed by atoms with Crippen LogP contribution in [0.2, 0.25) is 0 Å². The van der Waals surface area contributed by atoms with Crippen molar-refractivity contribution in [3.8, 4) is 11.4 Å². The van der Waals surface area contributed by atoms with E-state index in [0.717, 1.165) is 45.0 Å². The molecule has 0 aliphatic heterocycles. The Morgan fingerprint density at radius 3 is 2.25 bits per heavy atom. The quantitative estimate of drug-likeness (QED) is 0.256. The number of aromatic nitrogens is 2. The van der Waals surface area contributed by atoms with Crippen LogP contribution < -0.4 is 5.32 Å². The van der Waals surface area contributed by atoms with Gasteiger partial charge in [0.15, 0.2) is 0 Å². The summed E-state index contributed by atoms with van der Waals surface area (Å²) in [4.78, 5) is 30.5. The second-order valence-corrected chi connectivity index (χ2v) is 11.2. The number of aliphatic carboxylic acids is 1. The van der Waals surface area contributed by atoms with E-state index in [1.165, 1.54) is 11.8 Å². The molecule has 3 aromatic rings. The molecule has 3 rings (SSSR count). The highest BCUT2D eigenvalue weighted by molar-refractivity contribution is 8.01. The van der Waals surface area contributed by atoms with Crippen molar-refractivity contribution in [2.75, 3.05) is 19.0 Å². The molecule has 2 N–H and O–H groups in total. The van der Waals surface area contributed by atoms with Gasteiger partial charge in [0.25, 0.3) is 5.91 Å². The van der Waals surface area contributed by atoms with Crippen LogP contribution in [0.1, 0.15) is 53.1 Å². The van der Waals surface area contributed by atoms with Gasteiger partial charge in [-0.1, -0.05) is 29.8 Å². The lowest BCUT2D eigenvalue weighted by molar-refractivity contribution is -0.138. The minimum atomic E-state index is -0.936. The second-order valence-electron chi connectivity index (χ2n) is 9.54. The van der Waals surface area contributed by atoms with Crippen molar-refractivity contribution >= 4 is 29.3 Å². The van der Waals surface area contributed by atoms with E-state index >= 15 is 0 Å². The van der Waals surface area contributed by atoms with Crippen LogP contribution >= 0.6 is 11.8 Å². The molecule has 1 heterocycles. The van der Waals surface area contributed by atoms with Crippen LogP contribution in [0.25, 0.3) is 11.4 Å². The molecule has 0 aliphatic rings. The number of carboxylic acid groups (broad SMARTS) is 1. The van der Waals surface area contributed by atoms with E-state index in [-0.39, 0.29) is 5.91 Å². The highest BCUT2D eigenvalue weighted by atomic mass is 32.2. The number of hydrogen-bond donors (Lipinski definition) is 2. The van der Waals surface area contributed by atoms with Gasteiger partial charge < -0.3 is 19.7 Å². The normalized spacial score (nSPS) is 11.5. The summed E-state index contributed by atoms with van der Waals surface area (Å²) in [5.74, 6) is -0.416. The van der Waals surface area contributed by atoms with Crippen molar-refractivity contribution in [2.24, 2.45) is 0 Å². The number of nitrogens with one attached hydrogen (secondary N) is 1. The second kappa shape index (κ2) is 11.3. The Morgan fingerprint density at radius 2 is 1.69 bits per heavy atom. The van der Waals surface area contributed by atoms with Crippen LogP contribution in [-0.2, 0) is 16.1 Å². The monoisotopic (exact) mass is 509 g/mol. The van der Waals surface area contributed by atoms with Crippen molar-refractivity contribution in [1.82, 2.24) is 9.55 Å². The molecule has 192 valence electrons. The molecule has 0 unspecified atom stereocenters. The molecule has 0 aliphatic carbocycles. The summed E-state index contributed by atoms with van der Waals surface area (Å²) in [5, 5.41) is 12.5. The molecular weight excluding hydrogens is 474 g/mol. The zero-order valence-corrected chi connectivity index (χ0v) is 22.9. The summed E-state index contributed by atoms with van der Waals surface area (Å²) in [6.07, 6.45) is 0.776. The topological polar surface area (TPSA) is 93.4 Å². The molecule has 36 heavy (non-hydrogen) atoms. The fraction of sp³-hybridized carbons (Fsp3) is 0.393. The van der Waals surface area contributed by atoms with E-state index in [2.05, 4.69) is 17.4 Å². The fourth-order valence-electron chi connectivity index (χ4n) is 4.17. The number of carboxylic acids is 1. The van der Waals surface area contributed by atoms with Crippen LogP contribution in [0.3, 0.4) is 0 Å². The van der Waals surface area contributed by atoms with Gasteiger partial charge in [0.1, 0.15) is 16.3 Å². The first-order valence-corrected chi connectivity index (χ1v) is 12.7. The number of aryl methyl sites for hydroxylation is 3. The van der Waals surface area contributed by atoms with Gasteiger partial charge in [-0.2, -0.15) is 0 Å². The van der Waals surface area contributed by atoms with Gasteiger partial charge in [-0.15, -0.1) is 11.8 Å². The number of methoxy groups -OCH3 is 1. The summed E-state index contributed by atoms with van der Waals surface area (Å²) in [6.45, 7) is 12.5. The van der Waals surface area contributed by atoms with Gasteiger partial charge in [0.05, 0.1) is 0 Å². The lowest BCUT2D eigenvalue weighted by atomic mass is 10.0. The zero-order chi connectivity index (χ0) is 26.6. The average Bonchev–Trinajstić information content (AvgIpc) is 3.13. The molecular formula is C28H35N3O4S. The largest absolute Gasteiger partial charge is 0.480 e. The molecule has 1 amide bonds. The van der Waals surface area contributed by atoms with Gasteiger partial charge in [-0.25, -0.2) is 4.98 Å². The number of imidazole rings is 1. The van der Waals surface area contributed by atoms with Gasteiger partial charge in [0, 0.05) is 42.1 Å². The zero-order valence-electron chi connectivity index (χ0n) is 22.1. The van der Waals surface area contributed by atoms with Crippen molar-refractivity contribution in [1.29, 1.82) is 0 Å². The third-order valence-corrected chi connectivity index (χ3v) is 7.28. The number of anilines is 1. The van der Waals surface area contributed by atoms with Crippen LogP contribution in [0.15, 0.2) is 41.3 Å². The standard InChI is InChI=1S/C28H35N3O4S/c1-17-15-18(2)23(19(3)16-17)30-26(32)24-20(4)31(13-8-14-35-7)25(29-24)21-9-11-22(12-10-21)36-28(5,6)27(33)34/h9-12,15-16H,8,13-14H2,1-7H3,(H,30,32)(H,33,34). The minimum Gasteiger partial charge on any atom is -0.480 e. The molecule has 0 atom stereocenters. The lowest BCUT2D eigenvalue weighted by Gasteiger charge is -2.18. The molecule has 0 saturated heterocycles. The predicted molar refractivity (Wildman–Crippen MR) is 145 cm³/mol. The number of amides is 1. The Kier molecular flexibility index (Phi) is 8.63. The maximum absolute atomic E-state index is 13.4. The third kappa shape index (κ3) is 6.17. The third-order valence-electron chi connectivity index (χ3n) is 6.08. The van der Waals surface area contributed by atoms with Gasteiger partial charge in [0.2, 0.25) is 0 Å². The van der Waals surface area contributed by atoms with Crippen LogP contribution in [-0.4, -0.2) is 45.0 Å². The smallest absolute Gasteiger partial charge is 0.319 e. The van der Waals surface area contributed by atoms with Gasteiger partial charge >= 0.3 is 5.97 Å². The number of hydrogen-bond acceptors (Lipinski definition) is 5. The number of rotatable bonds is 10. The maximum Gasteiger partial charge on any atom is 0.319 e. The minimum absolute atomic E-state index is 0.246. The Bertz CT molecular complexity index is 1240. The molecule has 0 fully saturated rings. The summed E-state index contributed by atoms with van der Waals surface area (Å²) < 4.78 is 6.35. The molecule has 8 heteroatoms. The first-order valence-electron chi connectivity index (χ1n) is 11.9. The summed E-state index contributed by atoms with van der Waals surface area (Å²) in [6, 6.07) is 11.7. The molecule has 0 bridgehead atoms. The molecule has 0 spiro atoms. The molecule has 0 saturated carbocycles. The summed E-state index contributed by atoms with van der Waals surface area (Å²) in [5.41, 5.74) is 6.00. The predicted octanol–water partition coefficient (Wildman–Crippen LogP) is 6.03. The maximum atomic E-state index is 13.4. The summed E-state index contributed by atoms with van der Waals surface area (Å²) in [7, 11) is 1.67. The Labute approximate surface area is 217 Å². The average molecular weight is 510 g/mol. The number of carbonyl (C=O) groups excluding carboxylic acids is 1. The van der Waals surface area contributed by atoms with Crippen molar-refractivity contribution < 1.29 is 19.4 Å². The number of carbonyl (C=O) groups is 2. The van der Waals surface area contributed by atoms with E-state index in [1.54, 1.807) is 21.0 Å². The van der Waals surface area contributed by atoms with E-state index in [1.807, 2.05) is 56.5 Å². The van der Waals surface area contributed by atoms with E-state index in [9.17, 15) is 14.7 Å². The first-order chi connectivity index (χ1) is 16.9. The van der Waals surface area contributed by atoms with Crippen molar-refractivity contribution in [3.05, 3.63) is 64.5 Å². The van der Waals surface area contributed by atoms with Crippen LogP contribution in [0.4, 0.5) is 5.69 Å². The van der Waals surface area contributed by atoms with E-state index in [4.69, 9.17) is 9.72 Å². The molecule has 7 nitrogen and oxygen atoms in total. The first kappa shape index (κ1) is 27.5. The number of benzene rings is 2. The van der Waals surface area contributed by atoms with E-state index < -0.39 is 10.7 Å². The Morgan fingerprint density at radius 1 is 1.08 bits per heavy atom. The molecule has 2 aromatic carbocycles. The van der Waals surface area contributed by atoms with Gasteiger partial charge in [-0.05, 0) is 71.2 Å². The van der Waals surface area contributed by atoms with Crippen LogP contribution in [0, 0.1) is 27.7 Å². The van der Waals surface area contributed by atoms with Gasteiger partial charge in [-0.3, -0.25) is 9.59 Å². The Hall–Kier alpha value is -3.10. The number of thioether (sulfide) groups is 1. The number of ether oxygens (including phenoxy) is 1. The Balaban J connectivity index is 1.96. The van der Waals surface area contributed by atoms with Crippen molar-refractivity contribution in [3.63, 3.8) is 0 Å². The lowest BCUT2D eigenvalue weighted by Crippen LogP contribution is -2.26. The van der Waals surface area contributed by atoms with Crippen LogP contribution in [0.5, 0.6) is 0 Å². The van der Waals surface area contributed by atoms with Crippen molar-refractivity contribution in [2.45, 2.75) is 64.2 Å². The highest BCUT2D eigenvalue weighted by Gasteiger charge is 2.28. The number of nitrogens with zero attached hydrogens (tertiary/aromatic N) is 2. The SMILES string of the molecule is COCCCn1c(-c2ccc(SC(C)(C)C(=O)O)cc2)nc(C(=O)Nc2c(C)cc(C)cc2C)c1C. The molecule has 0 radical (unpaired) electrons. The summed E-state index contributed by atoms with van der Waals surface area (Å²) >= 11 is 1.29.